The number of hydrogen-bond acceptors (Lipinski definition) is 15. The number of esters is 5. The minimum absolute atomic E-state index is 0.0174. The van der Waals surface area contributed by atoms with Crippen molar-refractivity contribution in [3.8, 4) is 0 Å². The van der Waals surface area contributed by atoms with Gasteiger partial charge < -0.3 is 44.4 Å². The molecule has 4 N–H and O–H groups in total. The van der Waals surface area contributed by atoms with Crippen LogP contribution in [-0.2, 0) is 52.4 Å². The number of ketones is 1. The number of fused-ring (bicyclic) bond motifs is 5. The largest absolute Gasteiger partial charge is 0.455 e. The van der Waals surface area contributed by atoms with E-state index in [0.29, 0.717) is 12.0 Å². The van der Waals surface area contributed by atoms with Gasteiger partial charge in [-0.05, 0) is 49.1 Å². The molecule has 328 valence electrons. The molecule has 11 atom stereocenters. The van der Waals surface area contributed by atoms with E-state index in [2.05, 4.69) is 0 Å². The summed E-state index contributed by atoms with van der Waals surface area (Å²) in [6.45, 7) is 9.98. The first kappa shape index (κ1) is 45.3. The van der Waals surface area contributed by atoms with Crippen LogP contribution in [0.1, 0.15) is 96.1 Å². The van der Waals surface area contributed by atoms with Crippen molar-refractivity contribution in [1.29, 1.82) is 0 Å². The second-order valence-corrected chi connectivity index (χ2v) is 17.2. The number of carbonyl (C=O) groups is 6. The Bertz CT molecular complexity index is 2100. The van der Waals surface area contributed by atoms with Crippen LogP contribution in [0.4, 0.5) is 0 Å². The van der Waals surface area contributed by atoms with Gasteiger partial charge in [0.05, 0.1) is 35.6 Å². The Morgan fingerprint density at radius 3 is 2.16 bits per heavy atom. The molecule has 0 spiro atoms. The summed E-state index contributed by atoms with van der Waals surface area (Å²) < 4.78 is 36.1. The molecule has 0 amide bonds. The lowest BCUT2D eigenvalue weighted by Crippen LogP contribution is -2.82. The number of allylic oxidation sites excluding steroid dienone is 1. The average Bonchev–Trinajstić information content (AvgIpc) is 3.21. The smallest absolute Gasteiger partial charge is 0.350 e. The lowest BCUT2D eigenvalue weighted by atomic mass is 9.44. The topological polar surface area (TPSA) is 224 Å². The normalized spacial score (nSPS) is 32.4. The summed E-state index contributed by atoms with van der Waals surface area (Å²) in [7, 11) is 0. The zero-order chi connectivity index (χ0) is 44.7. The molecule has 0 unspecified atom stereocenters. The maximum atomic E-state index is 15.5. The van der Waals surface area contributed by atoms with Crippen LogP contribution in [0.5, 0.6) is 0 Å². The number of rotatable bonds is 12. The molecule has 3 aliphatic carbocycles. The summed E-state index contributed by atoms with van der Waals surface area (Å²) in [5.41, 5.74) is -0.480. The maximum absolute atomic E-state index is 15.5. The zero-order valence-corrected chi connectivity index (χ0v) is 35.5. The quantitative estimate of drug-likeness (QED) is 0.118. The Balaban J connectivity index is 1.56. The highest BCUT2D eigenvalue weighted by molar-refractivity contribution is 5.95. The molecule has 2 bridgehead atoms. The summed E-state index contributed by atoms with van der Waals surface area (Å²) in [4.78, 5) is 83.3. The van der Waals surface area contributed by atoms with Gasteiger partial charge in [0.2, 0.25) is 6.10 Å². The maximum Gasteiger partial charge on any atom is 0.350 e. The van der Waals surface area contributed by atoms with Crippen LogP contribution in [0.2, 0.25) is 0 Å². The van der Waals surface area contributed by atoms with Crippen molar-refractivity contribution in [2.24, 2.45) is 22.5 Å². The zero-order valence-electron chi connectivity index (χ0n) is 35.5. The number of aliphatic hydroxyl groups is 2. The van der Waals surface area contributed by atoms with Gasteiger partial charge in [0.1, 0.15) is 23.9 Å². The van der Waals surface area contributed by atoms with Crippen molar-refractivity contribution in [3.63, 3.8) is 0 Å². The molecule has 2 aromatic carbocycles. The summed E-state index contributed by atoms with van der Waals surface area (Å²) in [5.74, 6) is -6.93. The molecule has 0 aromatic heterocycles. The average molecular weight is 846 g/mol. The Labute approximate surface area is 354 Å². The van der Waals surface area contributed by atoms with E-state index in [-0.39, 0.29) is 29.7 Å². The molecule has 6 rings (SSSR count). The van der Waals surface area contributed by atoms with Crippen LogP contribution in [-0.4, -0.2) is 100 Å². The predicted molar refractivity (Wildman–Crippen MR) is 216 cm³/mol. The van der Waals surface area contributed by atoms with Gasteiger partial charge in [-0.1, -0.05) is 81.8 Å². The molecular weight excluding hydrogens is 790 g/mol. The number of carbonyl (C=O) groups excluding carboxylic acids is 6. The number of hydrogen-bond donors (Lipinski definition) is 3. The Morgan fingerprint density at radius 2 is 1.59 bits per heavy atom. The highest BCUT2D eigenvalue weighted by Crippen LogP contribution is 2.64. The molecule has 15 heteroatoms. The lowest BCUT2D eigenvalue weighted by molar-refractivity contribution is -0.346. The van der Waals surface area contributed by atoms with Crippen molar-refractivity contribution < 1.29 is 67.4 Å². The van der Waals surface area contributed by atoms with E-state index in [9.17, 15) is 34.2 Å². The minimum Gasteiger partial charge on any atom is -0.455 e. The predicted octanol–water partition coefficient (Wildman–Crippen LogP) is 4.17. The third-order valence-electron chi connectivity index (χ3n) is 13.1. The van der Waals surface area contributed by atoms with Crippen LogP contribution >= 0.6 is 0 Å². The SMILES string of the molecule is CCC/C=C/C(=O)O[C@@H](C(=O)O[C@H]1C[C@@]2(O)[C@@H](OC(=O)c3ccccc3)[C@@H]3[C@]4(OC(C)=O)CO[C@@H]4C[C@H](O)[C@@]3(C)C(=O)[C@H](OC(C)=O)C(=C1C)C2(C)C)[C@@H](N)c1ccccc1. The molecule has 4 aliphatic rings. The Kier molecular flexibility index (Phi) is 12.8. The lowest BCUT2D eigenvalue weighted by Gasteiger charge is -2.67. The van der Waals surface area contributed by atoms with Gasteiger partial charge in [-0.15, -0.1) is 0 Å². The van der Waals surface area contributed by atoms with Gasteiger partial charge in [0, 0.05) is 38.2 Å². The molecular formula is C46H55NO14. The van der Waals surface area contributed by atoms with Crippen molar-refractivity contribution in [2.75, 3.05) is 6.61 Å². The molecule has 3 fully saturated rings. The third-order valence-corrected chi connectivity index (χ3v) is 13.1. The summed E-state index contributed by atoms with van der Waals surface area (Å²) in [6, 6.07) is 15.1. The highest BCUT2D eigenvalue weighted by Gasteiger charge is 2.78. The van der Waals surface area contributed by atoms with E-state index in [1.165, 1.54) is 25.1 Å². The van der Waals surface area contributed by atoms with E-state index < -0.39 is 113 Å². The van der Waals surface area contributed by atoms with Gasteiger partial charge in [-0.25, -0.2) is 14.4 Å². The monoisotopic (exact) mass is 845 g/mol. The number of benzene rings is 2. The van der Waals surface area contributed by atoms with Crippen LogP contribution in [0, 0.1) is 16.7 Å². The van der Waals surface area contributed by atoms with Gasteiger partial charge in [0.25, 0.3) is 0 Å². The van der Waals surface area contributed by atoms with E-state index in [1.807, 2.05) is 6.92 Å². The molecule has 1 saturated heterocycles. The van der Waals surface area contributed by atoms with Crippen molar-refractivity contribution in [2.45, 2.75) is 128 Å². The van der Waals surface area contributed by atoms with Crippen LogP contribution < -0.4 is 5.73 Å². The van der Waals surface area contributed by atoms with Crippen molar-refractivity contribution >= 4 is 35.6 Å². The number of ether oxygens (including phenoxy) is 6. The Morgan fingerprint density at radius 1 is 0.951 bits per heavy atom. The van der Waals surface area contributed by atoms with E-state index >= 15 is 4.79 Å². The van der Waals surface area contributed by atoms with E-state index in [0.717, 1.165) is 20.3 Å². The van der Waals surface area contributed by atoms with Gasteiger partial charge in [-0.3, -0.25) is 14.4 Å². The first-order valence-electron chi connectivity index (χ1n) is 20.5. The number of Topliss-reactive ketones (excluding diaryl/α,β-unsaturated/α-hetero) is 1. The van der Waals surface area contributed by atoms with Gasteiger partial charge in [0.15, 0.2) is 17.5 Å². The van der Waals surface area contributed by atoms with E-state index in [4.69, 9.17) is 34.2 Å². The van der Waals surface area contributed by atoms with Crippen LogP contribution in [0.15, 0.2) is 84.0 Å². The van der Waals surface area contributed by atoms with E-state index in [1.54, 1.807) is 75.4 Å². The summed E-state index contributed by atoms with van der Waals surface area (Å²) in [6.07, 6.45) is -5.97. The molecule has 0 radical (unpaired) electrons. The molecule has 2 aromatic rings. The van der Waals surface area contributed by atoms with Gasteiger partial charge in [-0.2, -0.15) is 0 Å². The number of nitrogens with two attached hydrogens (primary N) is 1. The fraction of sp³-hybridized carbons (Fsp3) is 0.522. The van der Waals surface area contributed by atoms with Crippen LogP contribution in [0.25, 0.3) is 0 Å². The van der Waals surface area contributed by atoms with Crippen molar-refractivity contribution in [3.05, 3.63) is 95.1 Å². The second-order valence-electron chi connectivity index (χ2n) is 17.2. The second kappa shape index (κ2) is 17.3. The molecule has 15 nitrogen and oxygen atoms in total. The van der Waals surface area contributed by atoms with Crippen molar-refractivity contribution in [1.82, 2.24) is 0 Å². The van der Waals surface area contributed by atoms with Gasteiger partial charge >= 0.3 is 29.8 Å². The molecule has 1 heterocycles. The fourth-order valence-electron chi connectivity index (χ4n) is 9.85. The standard InChI is InChI=1S/C46H55NO14/c1-8-9-12-21-33(51)59-37(35(47)28-17-13-10-14-18-28)42(54)58-30-23-46(55)40(60-41(53)29-19-15-11-16-20-29)38-44(7,31(50)22-32-45(38,24-56-32)61-27(4)49)39(52)36(57-26(3)48)34(25(30)2)43(46,5)6/h10-21,30-32,35-38,40,50,55H,8-9,22-24,47H2,1-7H3/b21-12+/t30-,31-,32+,35-,36+,37+,38-,40-,44+,45-,46+/m0/s1. The molecule has 2 saturated carbocycles. The third kappa shape index (κ3) is 7.92. The minimum atomic E-state index is -2.37. The first-order valence-corrected chi connectivity index (χ1v) is 20.5. The first-order chi connectivity index (χ1) is 28.7. The molecule has 61 heavy (non-hydrogen) atoms. The molecule has 1 aliphatic heterocycles. The number of unbranched alkanes of at least 4 members (excludes halogenated alkanes) is 1. The Hall–Kier alpha value is -5.22. The summed E-state index contributed by atoms with van der Waals surface area (Å²) >= 11 is 0. The fourth-order valence-corrected chi connectivity index (χ4v) is 9.85. The highest BCUT2D eigenvalue weighted by atomic mass is 16.6. The number of aliphatic hydroxyl groups excluding tert-OH is 1. The summed E-state index contributed by atoms with van der Waals surface area (Å²) in [5, 5.41) is 25.8. The van der Waals surface area contributed by atoms with Crippen LogP contribution in [0.3, 0.4) is 0 Å².